The van der Waals surface area contributed by atoms with E-state index >= 15 is 0 Å². The molecule has 0 fully saturated rings. The number of rotatable bonds is 2. The van der Waals surface area contributed by atoms with Crippen LogP contribution >= 0.6 is 34.8 Å². The minimum absolute atomic E-state index is 0.00839. The number of hydrogen-bond acceptors (Lipinski definition) is 3. The van der Waals surface area contributed by atoms with Crippen LogP contribution in [0.4, 0.5) is 13.2 Å². The van der Waals surface area contributed by atoms with Gasteiger partial charge in [-0.15, -0.1) is 0 Å². The summed E-state index contributed by atoms with van der Waals surface area (Å²) < 4.78 is 39.9. The largest absolute Gasteiger partial charge is 0.489 e. The van der Waals surface area contributed by atoms with Crippen molar-refractivity contribution in [2.24, 2.45) is 0 Å². The highest BCUT2D eigenvalue weighted by molar-refractivity contribution is 6.59. The number of nitrogens with zero attached hydrogens (tertiary/aromatic N) is 1. The van der Waals surface area contributed by atoms with Crippen molar-refractivity contribution >= 4 is 47.4 Å². The molecule has 1 heterocycles. The summed E-state index contributed by atoms with van der Waals surface area (Å²) in [7, 11) is -2.32. The first-order chi connectivity index (χ1) is 10.1. The van der Waals surface area contributed by atoms with Gasteiger partial charge >= 0.3 is 13.3 Å². The molecule has 0 amide bonds. The standard InChI is InChI=1S/C12H6BCl3F3NO2/c14-7-4-9(16)8(15)3-5(7)11-10(12(17,18)19)6(13(21)22)1-2-20-11/h1-4,21-22H. The van der Waals surface area contributed by atoms with Crippen LogP contribution in [0.3, 0.4) is 0 Å². The third-order valence-corrected chi connectivity index (χ3v) is 3.84. The summed E-state index contributed by atoms with van der Waals surface area (Å²) in [5.74, 6) is 0. The van der Waals surface area contributed by atoms with E-state index in [0.717, 1.165) is 18.3 Å². The van der Waals surface area contributed by atoms with E-state index in [4.69, 9.17) is 44.9 Å². The number of benzene rings is 1. The zero-order valence-electron chi connectivity index (χ0n) is 10.5. The second kappa shape index (κ2) is 6.25. The van der Waals surface area contributed by atoms with Crippen molar-refractivity contribution in [3.05, 3.63) is 45.0 Å². The lowest BCUT2D eigenvalue weighted by Gasteiger charge is -2.17. The van der Waals surface area contributed by atoms with Crippen LogP contribution in [0.1, 0.15) is 5.56 Å². The molecule has 3 nitrogen and oxygen atoms in total. The summed E-state index contributed by atoms with van der Waals surface area (Å²) in [6.07, 6.45) is -3.86. The molecule has 0 aliphatic carbocycles. The Labute approximate surface area is 138 Å². The van der Waals surface area contributed by atoms with Crippen LogP contribution < -0.4 is 5.46 Å². The molecule has 2 N–H and O–H groups in total. The van der Waals surface area contributed by atoms with Gasteiger partial charge in [0.05, 0.1) is 26.3 Å². The van der Waals surface area contributed by atoms with Crippen molar-refractivity contribution in [2.75, 3.05) is 0 Å². The van der Waals surface area contributed by atoms with E-state index in [-0.39, 0.29) is 20.6 Å². The Balaban J connectivity index is 2.82. The van der Waals surface area contributed by atoms with Crippen LogP contribution in [0.2, 0.25) is 15.1 Å². The minimum Gasteiger partial charge on any atom is -0.423 e. The Kier molecular flexibility index (Phi) is 4.94. The fourth-order valence-electron chi connectivity index (χ4n) is 1.90. The zero-order valence-corrected chi connectivity index (χ0v) is 12.8. The smallest absolute Gasteiger partial charge is 0.423 e. The second-order valence-corrected chi connectivity index (χ2v) is 5.46. The molecular weight excluding hydrogens is 364 g/mol. The van der Waals surface area contributed by atoms with Crippen molar-refractivity contribution in [2.45, 2.75) is 6.18 Å². The van der Waals surface area contributed by atoms with Crippen molar-refractivity contribution in [1.29, 1.82) is 0 Å². The first-order valence-electron chi connectivity index (χ1n) is 5.70. The van der Waals surface area contributed by atoms with Gasteiger partial charge in [0.25, 0.3) is 0 Å². The summed E-state index contributed by atoms with van der Waals surface area (Å²) in [4.78, 5) is 3.66. The Morgan fingerprint density at radius 1 is 1.00 bits per heavy atom. The summed E-state index contributed by atoms with van der Waals surface area (Å²) in [5.41, 5.74) is -2.72. The average molecular weight is 370 g/mol. The fourth-order valence-corrected chi connectivity index (χ4v) is 2.53. The summed E-state index contributed by atoms with van der Waals surface area (Å²) in [5, 5.41) is 18.3. The van der Waals surface area contributed by atoms with Gasteiger partial charge < -0.3 is 10.0 Å². The molecule has 0 unspecified atom stereocenters. The molecule has 2 rings (SSSR count). The van der Waals surface area contributed by atoms with Gasteiger partial charge in [-0.1, -0.05) is 34.8 Å². The first kappa shape index (κ1) is 17.4. The average Bonchev–Trinajstić information content (AvgIpc) is 2.41. The van der Waals surface area contributed by atoms with Gasteiger partial charge in [-0.3, -0.25) is 4.98 Å². The Morgan fingerprint density at radius 3 is 2.14 bits per heavy atom. The van der Waals surface area contributed by atoms with Gasteiger partial charge in [-0.05, 0) is 23.7 Å². The third kappa shape index (κ3) is 3.34. The normalized spacial score (nSPS) is 11.6. The van der Waals surface area contributed by atoms with E-state index in [0.29, 0.717) is 0 Å². The molecule has 1 aromatic heterocycles. The van der Waals surface area contributed by atoms with E-state index in [1.165, 1.54) is 6.07 Å². The number of alkyl halides is 3. The third-order valence-electron chi connectivity index (χ3n) is 2.81. The molecule has 1 aromatic carbocycles. The van der Waals surface area contributed by atoms with E-state index in [2.05, 4.69) is 4.98 Å². The molecule has 0 aliphatic rings. The quantitative estimate of drug-likeness (QED) is 0.629. The van der Waals surface area contributed by atoms with Crippen LogP contribution in [0.15, 0.2) is 24.4 Å². The molecular formula is C12H6BCl3F3NO2. The Hall–Kier alpha value is -0.985. The van der Waals surface area contributed by atoms with Gasteiger partial charge in [0.1, 0.15) is 0 Å². The van der Waals surface area contributed by atoms with Gasteiger partial charge in [-0.25, -0.2) is 0 Å². The molecule has 0 bridgehead atoms. The second-order valence-electron chi connectivity index (χ2n) is 4.24. The van der Waals surface area contributed by atoms with Gasteiger partial charge in [0.15, 0.2) is 0 Å². The lowest BCUT2D eigenvalue weighted by Crippen LogP contribution is -2.37. The summed E-state index contributed by atoms with van der Waals surface area (Å²) >= 11 is 17.5. The molecule has 116 valence electrons. The molecule has 0 saturated carbocycles. The van der Waals surface area contributed by atoms with Crippen LogP contribution in [0, 0.1) is 0 Å². The predicted molar refractivity (Wildman–Crippen MR) is 79.5 cm³/mol. The molecule has 22 heavy (non-hydrogen) atoms. The maximum absolute atomic E-state index is 13.3. The molecule has 10 heteroatoms. The van der Waals surface area contributed by atoms with Crippen LogP contribution in [-0.2, 0) is 6.18 Å². The first-order valence-corrected chi connectivity index (χ1v) is 6.83. The van der Waals surface area contributed by atoms with Crippen molar-refractivity contribution in [1.82, 2.24) is 4.98 Å². The van der Waals surface area contributed by atoms with Crippen LogP contribution in [0.25, 0.3) is 11.3 Å². The predicted octanol–water partition coefficient (Wildman–Crippen LogP) is 3.41. The monoisotopic (exact) mass is 369 g/mol. The highest BCUT2D eigenvalue weighted by Crippen LogP contribution is 2.40. The maximum atomic E-state index is 13.3. The number of aromatic nitrogens is 1. The van der Waals surface area contributed by atoms with E-state index in [9.17, 15) is 13.2 Å². The van der Waals surface area contributed by atoms with Crippen LogP contribution in [0.5, 0.6) is 0 Å². The lowest BCUT2D eigenvalue weighted by molar-refractivity contribution is -0.136. The SMILES string of the molecule is OB(O)c1ccnc(-c2cc(Cl)c(Cl)cc2Cl)c1C(F)(F)F. The summed E-state index contributed by atoms with van der Waals surface area (Å²) in [6, 6.07) is 3.18. The molecule has 0 saturated heterocycles. The fraction of sp³-hybridized carbons (Fsp3) is 0.0833. The lowest BCUT2D eigenvalue weighted by atomic mass is 9.76. The highest BCUT2D eigenvalue weighted by atomic mass is 35.5. The van der Waals surface area contributed by atoms with Crippen molar-refractivity contribution < 1.29 is 23.2 Å². The number of pyridine rings is 1. The zero-order chi connectivity index (χ0) is 16.7. The number of hydrogen-bond donors (Lipinski definition) is 2. The van der Waals surface area contributed by atoms with Gasteiger partial charge in [-0.2, -0.15) is 13.2 Å². The minimum atomic E-state index is -4.88. The Bertz CT molecular complexity index is 725. The highest BCUT2D eigenvalue weighted by Gasteiger charge is 2.40. The molecule has 0 radical (unpaired) electrons. The van der Waals surface area contributed by atoms with Crippen LogP contribution in [-0.4, -0.2) is 22.2 Å². The van der Waals surface area contributed by atoms with E-state index < -0.39 is 30.0 Å². The molecule has 2 aromatic rings. The molecule has 0 spiro atoms. The molecule has 0 aliphatic heterocycles. The topological polar surface area (TPSA) is 53.4 Å². The van der Waals surface area contributed by atoms with E-state index in [1.54, 1.807) is 0 Å². The van der Waals surface area contributed by atoms with E-state index in [1.807, 2.05) is 0 Å². The summed E-state index contributed by atoms with van der Waals surface area (Å²) in [6.45, 7) is 0. The molecule has 0 atom stereocenters. The van der Waals surface area contributed by atoms with Gasteiger partial charge in [0.2, 0.25) is 0 Å². The maximum Gasteiger partial charge on any atom is 0.489 e. The Morgan fingerprint density at radius 2 is 1.59 bits per heavy atom. The van der Waals surface area contributed by atoms with Crippen molar-refractivity contribution in [3.8, 4) is 11.3 Å². The van der Waals surface area contributed by atoms with Crippen molar-refractivity contribution in [3.63, 3.8) is 0 Å². The van der Waals surface area contributed by atoms with Gasteiger partial charge in [0, 0.05) is 11.8 Å². The number of halogens is 6.